The van der Waals surface area contributed by atoms with Crippen molar-refractivity contribution in [2.75, 3.05) is 24.5 Å². The number of carbonyl (C=O) groups is 2. The van der Waals surface area contributed by atoms with Gasteiger partial charge in [0.15, 0.2) is 0 Å². The van der Waals surface area contributed by atoms with Crippen LogP contribution in [0, 0.1) is 0 Å². The number of rotatable bonds is 8. The fourth-order valence-electron chi connectivity index (χ4n) is 4.89. The third kappa shape index (κ3) is 6.16. The molecule has 35 heavy (non-hydrogen) atoms. The number of hydrogen-bond donors (Lipinski definition) is 1. The van der Waals surface area contributed by atoms with E-state index in [0.717, 1.165) is 30.1 Å². The van der Waals surface area contributed by atoms with E-state index in [1.165, 1.54) is 54.8 Å². The largest absolute Gasteiger partial charge is 0.346 e. The Balaban J connectivity index is 1.13. The Labute approximate surface area is 211 Å². The smallest absolute Gasteiger partial charge is 0.263 e. The summed E-state index contributed by atoms with van der Waals surface area (Å²) < 4.78 is 0. The van der Waals surface area contributed by atoms with Crippen LogP contribution in [0.15, 0.2) is 60.8 Å². The van der Waals surface area contributed by atoms with Gasteiger partial charge in [-0.1, -0.05) is 48.9 Å². The fourth-order valence-corrected chi connectivity index (χ4v) is 5.71. The average Bonchev–Trinajstić information content (AvgIpc) is 3.51. The number of carbonyl (C=O) groups excluding carboxylic acids is 2. The van der Waals surface area contributed by atoms with Gasteiger partial charge in [-0.15, -0.1) is 11.3 Å². The standard InChI is InChI=1S/C28H32N4O2S/c33-27-17-23(20-32(27)24-12-9-22(10-13-24)19-31-15-5-2-6-16-31)30-28(34)25-18-29-26(35-25)14-11-21-7-3-1-4-8-21/h1,3-4,7-10,12-13,18,23H,2,5-6,11,14-17,19-20H2,(H,30,34). The molecule has 0 radical (unpaired) electrons. The number of amides is 2. The molecule has 182 valence electrons. The van der Waals surface area contributed by atoms with Crippen LogP contribution in [0.2, 0.25) is 0 Å². The third-order valence-corrected chi connectivity index (χ3v) is 7.87. The van der Waals surface area contributed by atoms with Gasteiger partial charge in [0.1, 0.15) is 4.88 Å². The SMILES string of the molecule is O=C(NC1CC(=O)N(c2ccc(CN3CCCCC3)cc2)C1)c1cnc(CCc2ccccc2)s1. The highest BCUT2D eigenvalue weighted by Crippen LogP contribution is 2.24. The molecule has 1 unspecified atom stereocenters. The second-order valence-electron chi connectivity index (χ2n) is 9.49. The van der Waals surface area contributed by atoms with Crippen molar-refractivity contribution in [3.05, 3.63) is 81.8 Å². The molecular formula is C28H32N4O2S. The summed E-state index contributed by atoms with van der Waals surface area (Å²) in [6.07, 6.45) is 7.58. The summed E-state index contributed by atoms with van der Waals surface area (Å²) in [5.74, 6) is -0.100. The van der Waals surface area contributed by atoms with Crippen molar-refractivity contribution in [2.24, 2.45) is 0 Å². The molecular weight excluding hydrogens is 456 g/mol. The van der Waals surface area contributed by atoms with Gasteiger partial charge >= 0.3 is 0 Å². The van der Waals surface area contributed by atoms with Gasteiger partial charge in [-0.05, 0) is 55.6 Å². The normalized spacial score (nSPS) is 18.7. The molecule has 0 saturated carbocycles. The average molecular weight is 489 g/mol. The zero-order valence-corrected chi connectivity index (χ0v) is 20.8. The lowest BCUT2D eigenvalue weighted by molar-refractivity contribution is -0.117. The summed E-state index contributed by atoms with van der Waals surface area (Å²) >= 11 is 1.43. The number of piperidine rings is 1. The van der Waals surface area contributed by atoms with Crippen molar-refractivity contribution in [3.63, 3.8) is 0 Å². The lowest BCUT2D eigenvalue weighted by atomic mass is 10.1. The van der Waals surface area contributed by atoms with Crippen LogP contribution in [0.4, 0.5) is 5.69 Å². The fraction of sp³-hybridized carbons (Fsp3) is 0.393. The Bertz CT molecular complexity index is 1140. The van der Waals surface area contributed by atoms with E-state index in [-0.39, 0.29) is 17.9 Å². The first kappa shape index (κ1) is 23.7. The van der Waals surface area contributed by atoms with Crippen molar-refractivity contribution in [3.8, 4) is 0 Å². The molecule has 5 rings (SSSR count). The maximum Gasteiger partial charge on any atom is 0.263 e. The first-order chi connectivity index (χ1) is 17.1. The van der Waals surface area contributed by atoms with Gasteiger partial charge in [-0.3, -0.25) is 14.5 Å². The van der Waals surface area contributed by atoms with Gasteiger partial charge in [0, 0.05) is 31.6 Å². The summed E-state index contributed by atoms with van der Waals surface area (Å²) in [6, 6.07) is 18.4. The summed E-state index contributed by atoms with van der Waals surface area (Å²) in [5, 5.41) is 3.99. The monoisotopic (exact) mass is 488 g/mol. The molecule has 1 N–H and O–H groups in total. The minimum absolute atomic E-state index is 0.0481. The number of thiazole rings is 1. The molecule has 1 atom stereocenters. The molecule has 3 aromatic rings. The van der Waals surface area contributed by atoms with Crippen LogP contribution < -0.4 is 10.2 Å². The highest BCUT2D eigenvalue weighted by molar-refractivity contribution is 7.13. The van der Waals surface area contributed by atoms with E-state index in [1.807, 2.05) is 30.3 Å². The molecule has 0 aliphatic carbocycles. The second kappa shape index (κ2) is 11.1. The number of nitrogens with one attached hydrogen (secondary N) is 1. The molecule has 2 fully saturated rings. The Hall–Kier alpha value is -3.03. The molecule has 2 amide bonds. The van der Waals surface area contributed by atoms with Crippen LogP contribution in [-0.4, -0.2) is 47.4 Å². The van der Waals surface area contributed by atoms with E-state index in [9.17, 15) is 9.59 Å². The predicted molar refractivity (Wildman–Crippen MR) is 140 cm³/mol. The lowest BCUT2D eigenvalue weighted by Gasteiger charge is -2.26. The van der Waals surface area contributed by atoms with E-state index < -0.39 is 0 Å². The molecule has 0 spiro atoms. The molecule has 7 heteroatoms. The van der Waals surface area contributed by atoms with Gasteiger partial charge in [-0.2, -0.15) is 0 Å². The van der Waals surface area contributed by atoms with Gasteiger partial charge in [0.2, 0.25) is 5.91 Å². The van der Waals surface area contributed by atoms with Gasteiger partial charge in [-0.25, -0.2) is 4.98 Å². The topological polar surface area (TPSA) is 65.5 Å². The Morgan fingerprint density at radius 2 is 1.74 bits per heavy atom. The van der Waals surface area contributed by atoms with E-state index in [1.54, 1.807) is 11.1 Å². The van der Waals surface area contributed by atoms with E-state index in [0.29, 0.717) is 17.8 Å². The van der Waals surface area contributed by atoms with Crippen LogP contribution >= 0.6 is 11.3 Å². The molecule has 0 bridgehead atoms. The highest BCUT2D eigenvalue weighted by atomic mass is 32.1. The van der Waals surface area contributed by atoms with Crippen molar-refractivity contribution in [2.45, 2.75) is 51.1 Å². The zero-order chi connectivity index (χ0) is 24.0. The van der Waals surface area contributed by atoms with Crippen molar-refractivity contribution >= 4 is 28.8 Å². The molecule has 2 aliphatic heterocycles. The Morgan fingerprint density at radius 3 is 2.51 bits per heavy atom. The van der Waals surface area contributed by atoms with Crippen molar-refractivity contribution < 1.29 is 9.59 Å². The summed E-state index contributed by atoms with van der Waals surface area (Å²) in [4.78, 5) is 34.8. The third-order valence-electron chi connectivity index (χ3n) is 6.81. The Kier molecular flexibility index (Phi) is 7.54. The number of aryl methyl sites for hydroxylation is 2. The Morgan fingerprint density at radius 1 is 0.971 bits per heavy atom. The number of hydrogen-bond acceptors (Lipinski definition) is 5. The molecule has 1 aromatic heterocycles. The molecule has 3 heterocycles. The number of aromatic nitrogens is 1. The van der Waals surface area contributed by atoms with Crippen LogP contribution in [0.1, 0.15) is 51.5 Å². The minimum Gasteiger partial charge on any atom is -0.346 e. The summed E-state index contributed by atoms with van der Waals surface area (Å²) in [6.45, 7) is 3.80. The molecule has 2 aromatic carbocycles. The van der Waals surface area contributed by atoms with E-state index >= 15 is 0 Å². The maximum absolute atomic E-state index is 12.8. The molecule has 2 aliphatic rings. The number of likely N-dealkylation sites (tertiary alicyclic amines) is 1. The minimum atomic E-state index is -0.196. The number of benzene rings is 2. The predicted octanol–water partition coefficient (Wildman–Crippen LogP) is 4.45. The highest BCUT2D eigenvalue weighted by Gasteiger charge is 2.32. The van der Waals surface area contributed by atoms with Crippen LogP contribution in [-0.2, 0) is 24.2 Å². The molecule has 2 saturated heterocycles. The zero-order valence-electron chi connectivity index (χ0n) is 20.0. The summed E-state index contributed by atoms with van der Waals surface area (Å²) in [5.41, 5.74) is 3.44. The van der Waals surface area contributed by atoms with Crippen LogP contribution in [0.25, 0.3) is 0 Å². The van der Waals surface area contributed by atoms with E-state index in [2.05, 4.69) is 39.5 Å². The van der Waals surface area contributed by atoms with E-state index in [4.69, 9.17) is 0 Å². The van der Waals surface area contributed by atoms with Crippen molar-refractivity contribution in [1.82, 2.24) is 15.2 Å². The lowest BCUT2D eigenvalue weighted by Crippen LogP contribution is -2.36. The van der Waals surface area contributed by atoms with Gasteiger partial charge in [0.05, 0.1) is 17.2 Å². The number of nitrogens with zero attached hydrogens (tertiary/aromatic N) is 3. The maximum atomic E-state index is 12.8. The van der Waals surface area contributed by atoms with Gasteiger partial charge in [0.25, 0.3) is 5.91 Å². The first-order valence-corrected chi connectivity index (χ1v) is 13.4. The number of anilines is 1. The summed E-state index contributed by atoms with van der Waals surface area (Å²) in [7, 11) is 0. The quantitative estimate of drug-likeness (QED) is 0.509. The molecule has 6 nitrogen and oxygen atoms in total. The van der Waals surface area contributed by atoms with Gasteiger partial charge < -0.3 is 10.2 Å². The first-order valence-electron chi connectivity index (χ1n) is 12.6. The van der Waals surface area contributed by atoms with Crippen LogP contribution in [0.3, 0.4) is 0 Å². The van der Waals surface area contributed by atoms with Crippen LogP contribution in [0.5, 0.6) is 0 Å². The van der Waals surface area contributed by atoms with Crippen molar-refractivity contribution in [1.29, 1.82) is 0 Å². The second-order valence-corrected chi connectivity index (χ2v) is 10.6.